The number of benzene rings is 1. The number of aromatic hydroxyl groups is 1. The molecular weight excluding hydrogens is 260 g/mol. The minimum Gasteiger partial charge on any atom is -0.506 e. The summed E-state index contributed by atoms with van der Waals surface area (Å²) in [4.78, 5) is 13.0. The minimum absolute atomic E-state index is 0.111. The van der Waals surface area contributed by atoms with Crippen LogP contribution in [0.1, 0.15) is 0 Å². The van der Waals surface area contributed by atoms with Crippen molar-refractivity contribution in [2.75, 3.05) is 0 Å². The zero-order valence-electron chi connectivity index (χ0n) is 8.95. The van der Waals surface area contributed by atoms with E-state index in [0.29, 0.717) is 5.52 Å². The van der Waals surface area contributed by atoms with Gasteiger partial charge < -0.3 is 9.52 Å². The van der Waals surface area contributed by atoms with E-state index in [2.05, 4.69) is 10.2 Å². The maximum absolute atomic E-state index is 11.7. The first kappa shape index (κ1) is 10.8. The van der Waals surface area contributed by atoms with Crippen LogP contribution in [0.2, 0.25) is 5.02 Å². The lowest BCUT2D eigenvalue weighted by Crippen LogP contribution is -2.20. The van der Waals surface area contributed by atoms with Gasteiger partial charge in [-0.15, -0.1) is 0 Å². The molecule has 0 atom stereocenters. The highest BCUT2D eigenvalue weighted by Gasteiger charge is 2.13. The van der Waals surface area contributed by atoms with Crippen molar-refractivity contribution in [1.29, 1.82) is 0 Å². The molecule has 0 saturated carbocycles. The van der Waals surface area contributed by atoms with E-state index in [1.54, 1.807) is 0 Å². The molecule has 0 aliphatic carbocycles. The van der Waals surface area contributed by atoms with E-state index in [9.17, 15) is 9.90 Å². The van der Waals surface area contributed by atoms with Crippen molar-refractivity contribution in [2.45, 2.75) is 6.67 Å². The maximum Gasteiger partial charge on any atom is 0.421 e. The third-order valence-corrected chi connectivity index (χ3v) is 2.77. The topological polar surface area (TPSA) is 86.1 Å². The van der Waals surface area contributed by atoms with Gasteiger partial charge in [-0.2, -0.15) is 15.0 Å². The Bertz CT molecular complexity index is 759. The summed E-state index contributed by atoms with van der Waals surface area (Å²) in [6, 6.07) is 2.76. The summed E-state index contributed by atoms with van der Waals surface area (Å²) < 4.78 is 6.32. The van der Waals surface area contributed by atoms with Crippen LogP contribution in [0.4, 0.5) is 0 Å². The molecule has 3 rings (SSSR count). The summed E-state index contributed by atoms with van der Waals surface area (Å²) in [5, 5.41) is 17.4. The Balaban J connectivity index is 2.19. The third kappa shape index (κ3) is 1.65. The SMILES string of the molecule is O=c1oc2cc(O)c(Cl)cc2n1Cn1nccn1. The molecule has 2 heterocycles. The van der Waals surface area contributed by atoms with Gasteiger partial charge in [0.25, 0.3) is 0 Å². The van der Waals surface area contributed by atoms with E-state index < -0.39 is 5.76 Å². The number of phenols is 1. The first-order valence-electron chi connectivity index (χ1n) is 5.01. The van der Waals surface area contributed by atoms with Gasteiger partial charge in [-0.05, 0) is 6.07 Å². The van der Waals surface area contributed by atoms with E-state index in [1.807, 2.05) is 0 Å². The van der Waals surface area contributed by atoms with E-state index in [0.717, 1.165) is 0 Å². The summed E-state index contributed by atoms with van der Waals surface area (Å²) in [5.74, 6) is -0.703. The Morgan fingerprint density at radius 3 is 2.78 bits per heavy atom. The quantitative estimate of drug-likeness (QED) is 0.749. The lowest BCUT2D eigenvalue weighted by Gasteiger charge is -2.01. The number of nitrogens with zero attached hydrogens (tertiary/aromatic N) is 4. The number of oxazole rings is 1. The molecule has 0 amide bonds. The van der Waals surface area contributed by atoms with E-state index in [1.165, 1.54) is 33.9 Å². The molecule has 1 aromatic carbocycles. The normalized spacial score (nSPS) is 11.2. The van der Waals surface area contributed by atoms with Gasteiger partial charge in [-0.25, -0.2) is 4.79 Å². The first-order valence-corrected chi connectivity index (χ1v) is 5.39. The molecule has 2 aromatic heterocycles. The molecule has 18 heavy (non-hydrogen) atoms. The smallest absolute Gasteiger partial charge is 0.421 e. The molecule has 0 aliphatic heterocycles. The second-order valence-corrected chi connectivity index (χ2v) is 4.02. The minimum atomic E-state index is -0.566. The average Bonchev–Trinajstić information content (AvgIpc) is 2.92. The lowest BCUT2D eigenvalue weighted by atomic mass is 10.3. The fraction of sp³-hybridized carbons (Fsp3) is 0.100. The average molecular weight is 267 g/mol. The van der Waals surface area contributed by atoms with Crippen molar-refractivity contribution in [1.82, 2.24) is 19.6 Å². The van der Waals surface area contributed by atoms with Crippen LogP contribution in [0, 0.1) is 0 Å². The highest BCUT2D eigenvalue weighted by molar-refractivity contribution is 6.32. The van der Waals surface area contributed by atoms with E-state index >= 15 is 0 Å². The Labute approximate surface area is 105 Å². The molecule has 0 fully saturated rings. The molecule has 0 bridgehead atoms. The molecule has 0 spiro atoms. The molecule has 3 aromatic rings. The third-order valence-electron chi connectivity index (χ3n) is 2.47. The molecule has 1 N–H and O–H groups in total. The van der Waals surface area contributed by atoms with Crippen LogP contribution in [0.15, 0.2) is 33.7 Å². The van der Waals surface area contributed by atoms with Gasteiger partial charge in [0.1, 0.15) is 12.4 Å². The molecule has 0 unspecified atom stereocenters. The van der Waals surface area contributed by atoms with Crippen LogP contribution < -0.4 is 5.76 Å². The molecule has 0 radical (unpaired) electrons. The second-order valence-electron chi connectivity index (χ2n) is 3.61. The monoisotopic (exact) mass is 266 g/mol. The van der Waals surface area contributed by atoms with Gasteiger partial charge >= 0.3 is 5.76 Å². The predicted molar refractivity (Wildman–Crippen MR) is 62.6 cm³/mol. The van der Waals surface area contributed by atoms with Crippen molar-refractivity contribution >= 4 is 22.7 Å². The maximum atomic E-state index is 11.7. The largest absolute Gasteiger partial charge is 0.506 e. The number of fused-ring (bicyclic) bond motifs is 1. The number of hydrogen-bond donors (Lipinski definition) is 1. The van der Waals surface area contributed by atoms with Crippen LogP contribution in [0.5, 0.6) is 5.75 Å². The van der Waals surface area contributed by atoms with Gasteiger partial charge in [0.05, 0.1) is 22.9 Å². The fourth-order valence-corrected chi connectivity index (χ4v) is 1.81. The Kier molecular flexibility index (Phi) is 2.34. The predicted octanol–water partition coefficient (Wildman–Crippen LogP) is 1.05. The molecule has 92 valence electrons. The zero-order valence-corrected chi connectivity index (χ0v) is 9.70. The van der Waals surface area contributed by atoms with Crippen LogP contribution in [-0.2, 0) is 6.67 Å². The summed E-state index contributed by atoms with van der Waals surface area (Å²) in [5.41, 5.74) is 0.731. The molecule has 8 heteroatoms. The van der Waals surface area contributed by atoms with Gasteiger partial charge in [0.15, 0.2) is 5.58 Å². The summed E-state index contributed by atoms with van der Waals surface area (Å²) in [6.45, 7) is 0.111. The Morgan fingerprint density at radius 2 is 2.06 bits per heavy atom. The number of halogens is 1. The number of aromatic nitrogens is 4. The summed E-state index contributed by atoms with van der Waals surface area (Å²) in [6.07, 6.45) is 3.01. The van der Waals surface area contributed by atoms with Crippen molar-refractivity contribution < 1.29 is 9.52 Å². The molecule has 0 saturated heterocycles. The van der Waals surface area contributed by atoms with Gasteiger partial charge in [0, 0.05) is 6.07 Å². The standard InChI is InChI=1S/C10H7ClN4O3/c11-6-3-7-9(4-8(6)16)18-10(17)14(7)5-15-12-1-2-13-15/h1-4,16H,5H2. The van der Waals surface area contributed by atoms with Gasteiger partial charge in [-0.3, -0.25) is 4.57 Å². The number of hydrogen-bond acceptors (Lipinski definition) is 5. The molecule has 0 aliphatic rings. The van der Waals surface area contributed by atoms with Gasteiger partial charge in [0.2, 0.25) is 0 Å². The zero-order chi connectivity index (χ0) is 12.7. The first-order chi connectivity index (χ1) is 8.65. The highest BCUT2D eigenvalue weighted by atomic mass is 35.5. The van der Waals surface area contributed by atoms with E-state index in [-0.39, 0.29) is 23.0 Å². The summed E-state index contributed by atoms with van der Waals surface area (Å²) >= 11 is 5.81. The lowest BCUT2D eigenvalue weighted by molar-refractivity contribution is 0.439. The van der Waals surface area contributed by atoms with Crippen LogP contribution >= 0.6 is 11.6 Å². The van der Waals surface area contributed by atoms with E-state index in [4.69, 9.17) is 16.0 Å². The second kappa shape index (κ2) is 3.88. The fourth-order valence-electron chi connectivity index (χ4n) is 1.65. The van der Waals surface area contributed by atoms with Crippen molar-refractivity contribution in [3.05, 3.63) is 40.1 Å². The van der Waals surface area contributed by atoms with Crippen LogP contribution in [0.3, 0.4) is 0 Å². The van der Waals surface area contributed by atoms with Crippen molar-refractivity contribution in [3.63, 3.8) is 0 Å². The van der Waals surface area contributed by atoms with Crippen molar-refractivity contribution in [2.24, 2.45) is 0 Å². The summed E-state index contributed by atoms with van der Waals surface area (Å²) in [7, 11) is 0. The van der Waals surface area contributed by atoms with Gasteiger partial charge in [-0.1, -0.05) is 11.6 Å². The van der Waals surface area contributed by atoms with Crippen LogP contribution in [-0.4, -0.2) is 24.7 Å². The Hall–Kier alpha value is -2.28. The Morgan fingerprint density at radius 1 is 1.33 bits per heavy atom. The highest BCUT2D eigenvalue weighted by Crippen LogP contribution is 2.28. The molecular formula is C10H7ClN4O3. The van der Waals surface area contributed by atoms with Crippen LogP contribution in [0.25, 0.3) is 11.1 Å². The molecule has 7 nitrogen and oxygen atoms in total. The van der Waals surface area contributed by atoms with Crippen molar-refractivity contribution in [3.8, 4) is 5.75 Å². The number of rotatable bonds is 2. The number of phenolic OH excluding ortho intramolecular Hbond substituents is 1.